The molecule has 0 spiro atoms. The van der Waals surface area contributed by atoms with E-state index in [2.05, 4.69) is 21.7 Å². The Kier molecular flexibility index (Phi) is 8.32. The minimum Gasteiger partial charge on any atom is -0.478 e. The maximum absolute atomic E-state index is 12.9. The summed E-state index contributed by atoms with van der Waals surface area (Å²) >= 11 is 2.62. The zero-order valence-corrected chi connectivity index (χ0v) is 23.7. The molecular weight excluding hydrogens is 574 g/mol. The number of hydrogen-bond acceptors (Lipinski definition) is 7. The second-order valence-corrected chi connectivity index (χ2v) is 11.5. The van der Waals surface area contributed by atoms with Gasteiger partial charge in [-0.05, 0) is 60.2 Å². The fourth-order valence-electron chi connectivity index (χ4n) is 4.17. The van der Waals surface area contributed by atoms with Gasteiger partial charge in [-0.25, -0.2) is 14.6 Å². The number of anilines is 2. The molecule has 1 atom stereocenters. The minimum atomic E-state index is -1.42. The summed E-state index contributed by atoms with van der Waals surface area (Å²) in [6.45, 7) is 1.76. The van der Waals surface area contributed by atoms with E-state index >= 15 is 0 Å². The molecule has 1 unspecified atom stereocenters. The highest BCUT2D eigenvalue weighted by molar-refractivity contribution is 8.00. The monoisotopic (exact) mass is 597 g/mol. The van der Waals surface area contributed by atoms with E-state index in [0.717, 1.165) is 34.2 Å². The molecule has 9 nitrogen and oxygen atoms in total. The van der Waals surface area contributed by atoms with Crippen molar-refractivity contribution in [2.75, 3.05) is 10.6 Å². The van der Waals surface area contributed by atoms with E-state index in [0.29, 0.717) is 15.7 Å². The quantitative estimate of drug-likeness (QED) is 0.137. The molecule has 0 saturated carbocycles. The lowest BCUT2D eigenvalue weighted by atomic mass is 10.0. The highest BCUT2D eigenvalue weighted by Gasteiger charge is 2.20. The zero-order chi connectivity index (χ0) is 29.8. The summed E-state index contributed by atoms with van der Waals surface area (Å²) in [4.78, 5) is 53.9. The van der Waals surface area contributed by atoms with Crippen molar-refractivity contribution >= 4 is 68.4 Å². The molecule has 0 saturated heterocycles. The molecule has 5 aromatic rings. The summed E-state index contributed by atoms with van der Waals surface area (Å²) in [5, 5.41) is 28.2. The second-order valence-electron chi connectivity index (χ2n) is 9.20. The van der Waals surface area contributed by atoms with Crippen molar-refractivity contribution in [3.05, 3.63) is 107 Å². The van der Waals surface area contributed by atoms with Crippen LogP contribution in [0, 0.1) is 0 Å². The number of nitrogens with zero attached hydrogens (tertiary/aromatic N) is 1. The summed E-state index contributed by atoms with van der Waals surface area (Å²) in [6.07, 6.45) is 0. The Morgan fingerprint density at radius 2 is 1.60 bits per heavy atom. The smallest absolute Gasteiger partial charge is 0.336 e. The van der Waals surface area contributed by atoms with Gasteiger partial charge in [0.2, 0.25) is 5.91 Å². The molecule has 42 heavy (non-hydrogen) atoms. The Labute approximate surface area is 248 Å². The maximum Gasteiger partial charge on any atom is 0.336 e. The lowest BCUT2D eigenvalue weighted by Crippen LogP contribution is -2.22. The normalized spacial score (nSPS) is 11.5. The topological polar surface area (TPSA) is 146 Å². The number of thiazole rings is 1. The zero-order valence-electron chi connectivity index (χ0n) is 22.0. The number of carbonyl (C=O) groups is 4. The van der Waals surface area contributed by atoms with E-state index in [1.54, 1.807) is 31.2 Å². The van der Waals surface area contributed by atoms with E-state index in [1.165, 1.54) is 29.2 Å². The van der Waals surface area contributed by atoms with E-state index < -0.39 is 28.7 Å². The average Bonchev–Trinajstić information content (AvgIpc) is 3.45. The number of amides is 2. The molecule has 1 aromatic heterocycles. The molecule has 4 aromatic carbocycles. The molecular formula is C31H23N3O6S2. The van der Waals surface area contributed by atoms with Gasteiger partial charge in [0, 0.05) is 21.5 Å². The molecule has 0 radical (unpaired) electrons. The summed E-state index contributed by atoms with van der Waals surface area (Å²) in [5.74, 6) is -3.66. The van der Waals surface area contributed by atoms with Crippen LogP contribution < -0.4 is 10.6 Å². The number of fused-ring (bicyclic) bond motifs is 1. The number of rotatable bonds is 9. The van der Waals surface area contributed by atoms with E-state index in [9.17, 15) is 24.3 Å². The summed E-state index contributed by atoms with van der Waals surface area (Å²) in [6, 6.07) is 24.2. The third-order valence-corrected chi connectivity index (χ3v) is 8.15. The molecule has 0 aliphatic heterocycles. The van der Waals surface area contributed by atoms with E-state index in [1.807, 2.05) is 41.8 Å². The van der Waals surface area contributed by atoms with Gasteiger partial charge in [-0.1, -0.05) is 42.5 Å². The number of carboxylic acid groups (broad SMARTS) is 2. The standard InChI is InChI=1S/C31H23N3O6S2/c1-17(27(35)34-31-33-26(16-41-31)20-10-9-18-5-2-3-6-19(18)13-20)42-23-8-4-7-22(15-23)32-28(36)24-12-11-21(29(37)38)14-25(24)30(39)40/h2-17H,1H3,(H,32,36)(H,37,38)(H,39,40)(H,33,34,35). The Bertz CT molecular complexity index is 1850. The molecule has 0 fully saturated rings. The van der Waals surface area contributed by atoms with Gasteiger partial charge in [-0.3, -0.25) is 9.59 Å². The lowest BCUT2D eigenvalue weighted by molar-refractivity contribution is -0.115. The predicted molar refractivity (Wildman–Crippen MR) is 164 cm³/mol. The van der Waals surface area contributed by atoms with Crippen molar-refractivity contribution in [2.24, 2.45) is 0 Å². The third-order valence-electron chi connectivity index (χ3n) is 6.30. The lowest BCUT2D eigenvalue weighted by Gasteiger charge is -2.12. The van der Waals surface area contributed by atoms with Crippen molar-refractivity contribution < 1.29 is 29.4 Å². The number of carboxylic acids is 2. The molecule has 4 N–H and O–H groups in total. The first-order valence-electron chi connectivity index (χ1n) is 12.6. The first-order valence-corrected chi connectivity index (χ1v) is 14.4. The van der Waals surface area contributed by atoms with Gasteiger partial charge in [0.25, 0.3) is 5.91 Å². The van der Waals surface area contributed by atoms with Crippen molar-refractivity contribution in [3.8, 4) is 11.3 Å². The van der Waals surface area contributed by atoms with Crippen molar-refractivity contribution in [2.45, 2.75) is 17.1 Å². The Balaban J connectivity index is 1.23. The van der Waals surface area contributed by atoms with Crippen LogP contribution in [0.5, 0.6) is 0 Å². The fraction of sp³-hybridized carbons (Fsp3) is 0.0645. The van der Waals surface area contributed by atoms with Crippen LogP contribution in [-0.4, -0.2) is 44.2 Å². The van der Waals surface area contributed by atoms with Gasteiger partial charge < -0.3 is 20.8 Å². The summed E-state index contributed by atoms with van der Waals surface area (Å²) in [7, 11) is 0. The number of thioether (sulfide) groups is 1. The second kappa shape index (κ2) is 12.2. The van der Waals surface area contributed by atoms with Crippen molar-refractivity contribution in [1.82, 2.24) is 4.98 Å². The van der Waals surface area contributed by atoms with Gasteiger partial charge in [-0.15, -0.1) is 23.1 Å². The number of carbonyl (C=O) groups excluding carboxylic acids is 2. The van der Waals surface area contributed by atoms with Gasteiger partial charge in [0.1, 0.15) is 0 Å². The number of aromatic nitrogens is 1. The Morgan fingerprint density at radius 1 is 0.810 bits per heavy atom. The molecule has 210 valence electrons. The Morgan fingerprint density at radius 3 is 2.36 bits per heavy atom. The van der Waals surface area contributed by atoms with Crippen LogP contribution in [-0.2, 0) is 4.79 Å². The minimum absolute atomic E-state index is 0.176. The van der Waals surface area contributed by atoms with Crippen LogP contribution in [0.4, 0.5) is 10.8 Å². The van der Waals surface area contributed by atoms with Crippen LogP contribution >= 0.6 is 23.1 Å². The van der Waals surface area contributed by atoms with E-state index in [4.69, 9.17) is 5.11 Å². The van der Waals surface area contributed by atoms with Crippen LogP contribution in [0.25, 0.3) is 22.0 Å². The van der Waals surface area contributed by atoms with Crippen LogP contribution in [0.2, 0.25) is 0 Å². The molecule has 2 amide bonds. The number of aromatic carboxylic acids is 2. The van der Waals surface area contributed by atoms with Gasteiger partial charge in [0.15, 0.2) is 5.13 Å². The van der Waals surface area contributed by atoms with Crippen molar-refractivity contribution in [1.29, 1.82) is 0 Å². The third kappa shape index (κ3) is 6.48. The van der Waals surface area contributed by atoms with Gasteiger partial charge in [0.05, 0.1) is 27.6 Å². The van der Waals surface area contributed by atoms with Crippen molar-refractivity contribution in [3.63, 3.8) is 0 Å². The largest absolute Gasteiger partial charge is 0.478 e. The molecule has 0 aliphatic carbocycles. The highest BCUT2D eigenvalue weighted by atomic mass is 32.2. The first-order chi connectivity index (χ1) is 20.2. The average molecular weight is 598 g/mol. The number of hydrogen-bond donors (Lipinski definition) is 4. The van der Waals surface area contributed by atoms with Gasteiger partial charge in [-0.2, -0.15) is 0 Å². The molecule has 0 aliphatic rings. The van der Waals surface area contributed by atoms with Gasteiger partial charge >= 0.3 is 11.9 Å². The fourth-order valence-corrected chi connectivity index (χ4v) is 5.82. The highest BCUT2D eigenvalue weighted by Crippen LogP contribution is 2.30. The van der Waals surface area contributed by atoms with Crippen LogP contribution in [0.1, 0.15) is 38.0 Å². The molecule has 0 bridgehead atoms. The first kappa shape index (κ1) is 28.5. The molecule has 1 heterocycles. The summed E-state index contributed by atoms with van der Waals surface area (Å²) < 4.78 is 0. The maximum atomic E-state index is 12.9. The Hall–Kier alpha value is -5.00. The molecule has 5 rings (SSSR count). The van der Waals surface area contributed by atoms with Crippen LogP contribution in [0.15, 0.2) is 95.2 Å². The van der Waals surface area contributed by atoms with Crippen LogP contribution in [0.3, 0.4) is 0 Å². The number of benzene rings is 4. The van der Waals surface area contributed by atoms with E-state index in [-0.39, 0.29) is 17.0 Å². The summed E-state index contributed by atoms with van der Waals surface area (Å²) in [5.41, 5.74) is 1.28. The number of nitrogens with one attached hydrogen (secondary N) is 2. The predicted octanol–water partition coefficient (Wildman–Crippen LogP) is 6.73. The molecule has 11 heteroatoms. The SMILES string of the molecule is CC(Sc1cccc(NC(=O)c2ccc(C(=O)O)cc2C(=O)O)c1)C(=O)Nc1nc(-c2ccc3ccccc3c2)cs1.